The molecule has 2 N–H and O–H groups in total. The highest BCUT2D eigenvalue weighted by Crippen LogP contribution is 2.21. The molecule has 1 aromatic carbocycles. The van der Waals surface area contributed by atoms with Gasteiger partial charge in [0.05, 0.1) is 0 Å². The first-order chi connectivity index (χ1) is 10.3. The highest BCUT2D eigenvalue weighted by Gasteiger charge is 2.20. The average molecular weight is 289 g/mol. The summed E-state index contributed by atoms with van der Waals surface area (Å²) in [6.07, 6.45) is 7.85. The molecule has 1 heterocycles. The number of unbranched alkanes of at least 4 members (excludes halogenated alkanes) is 5. The number of rotatable bonds is 9. The molecule has 2 amide bonds. The molecule has 21 heavy (non-hydrogen) atoms. The molecule has 2 rings (SSSR count). The van der Waals surface area contributed by atoms with Gasteiger partial charge in [-0.25, -0.2) is 4.79 Å². The van der Waals surface area contributed by atoms with Gasteiger partial charge in [0.25, 0.3) is 0 Å². The molecule has 0 atom stereocenters. The van der Waals surface area contributed by atoms with Gasteiger partial charge in [0.1, 0.15) is 0 Å². The highest BCUT2D eigenvalue weighted by molar-refractivity contribution is 5.94. The van der Waals surface area contributed by atoms with Crippen LogP contribution in [0, 0.1) is 0 Å². The third-order valence-corrected chi connectivity index (χ3v) is 3.87. The van der Waals surface area contributed by atoms with Crippen molar-refractivity contribution in [1.82, 2.24) is 5.32 Å². The standard InChI is InChI=1S/C17H27N3O/c1-2-3-4-5-6-7-11-18-15-9-8-10-16(14-15)20-13-12-19-17(20)21/h8-10,14,18H,2-7,11-13H2,1H3,(H,19,21). The molecular formula is C17H27N3O. The molecule has 0 bridgehead atoms. The van der Waals surface area contributed by atoms with Gasteiger partial charge in [-0.1, -0.05) is 45.1 Å². The summed E-state index contributed by atoms with van der Waals surface area (Å²) in [6.45, 7) is 4.73. The van der Waals surface area contributed by atoms with E-state index >= 15 is 0 Å². The minimum Gasteiger partial charge on any atom is -0.385 e. The molecule has 116 valence electrons. The monoisotopic (exact) mass is 289 g/mol. The van der Waals surface area contributed by atoms with E-state index in [4.69, 9.17) is 0 Å². The Morgan fingerprint density at radius 2 is 2.00 bits per heavy atom. The number of urea groups is 1. The van der Waals surface area contributed by atoms with Gasteiger partial charge in [-0.3, -0.25) is 4.90 Å². The molecule has 1 fully saturated rings. The Morgan fingerprint density at radius 3 is 2.76 bits per heavy atom. The van der Waals surface area contributed by atoms with E-state index in [0.29, 0.717) is 0 Å². The van der Waals surface area contributed by atoms with Crippen LogP contribution in [0.1, 0.15) is 45.4 Å². The first-order valence-electron chi connectivity index (χ1n) is 8.20. The zero-order chi connectivity index (χ0) is 14.9. The molecule has 0 spiro atoms. The second-order valence-electron chi connectivity index (χ2n) is 5.63. The number of carbonyl (C=O) groups is 1. The van der Waals surface area contributed by atoms with Gasteiger partial charge in [0, 0.05) is 31.0 Å². The normalized spacial score (nSPS) is 14.3. The third kappa shape index (κ3) is 4.96. The van der Waals surface area contributed by atoms with Crippen LogP contribution < -0.4 is 15.5 Å². The van der Waals surface area contributed by atoms with E-state index in [-0.39, 0.29) is 6.03 Å². The summed E-state index contributed by atoms with van der Waals surface area (Å²) in [6, 6.07) is 8.12. The van der Waals surface area contributed by atoms with Crippen LogP contribution in [0.3, 0.4) is 0 Å². The van der Waals surface area contributed by atoms with E-state index in [9.17, 15) is 4.79 Å². The number of nitrogens with zero attached hydrogens (tertiary/aromatic N) is 1. The Labute approximate surface area is 127 Å². The first kappa shape index (κ1) is 15.7. The molecule has 1 saturated heterocycles. The largest absolute Gasteiger partial charge is 0.385 e. The lowest BCUT2D eigenvalue weighted by Crippen LogP contribution is -2.27. The Hall–Kier alpha value is -1.71. The molecule has 1 aliphatic rings. The van der Waals surface area contributed by atoms with Crippen molar-refractivity contribution in [2.45, 2.75) is 45.4 Å². The summed E-state index contributed by atoms with van der Waals surface area (Å²) in [5.74, 6) is 0. The van der Waals surface area contributed by atoms with E-state index in [1.165, 1.54) is 38.5 Å². The lowest BCUT2D eigenvalue weighted by Gasteiger charge is -2.15. The first-order valence-corrected chi connectivity index (χ1v) is 8.20. The number of hydrogen-bond acceptors (Lipinski definition) is 2. The fourth-order valence-corrected chi connectivity index (χ4v) is 2.64. The van der Waals surface area contributed by atoms with Crippen LogP contribution in [-0.4, -0.2) is 25.7 Å². The SMILES string of the molecule is CCCCCCCCNc1cccc(N2CCNC2=O)c1. The Balaban J connectivity index is 1.72. The van der Waals surface area contributed by atoms with Crippen molar-refractivity contribution < 1.29 is 4.79 Å². The second kappa shape index (κ2) is 8.55. The maximum atomic E-state index is 11.7. The summed E-state index contributed by atoms with van der Waals surface area (Å²) in [7, 11) is 0. The number of nitrogens with one attached hydrogen (secondary N) is 2. The molecule has 1 aliphatic heterocycles. The summed E-state index contributed by atoms with van der Waals surface area (Å²) < 4.78 is 0. The third-order valence-electron chi connectivity index (χ3n) is 3.87. The zero-order valence-electron chi connectivity index (χ0n) is 13.0. The highest BCUT2D eigenvalue weighted by atomic mass is 16.2. The van der Waals surface area contributed by atoms with E-state index in [2.05, 4.69) is 29.7 Å². The predicted molar refractivity (Wildman–Crippen MR) is 89.1 cm³/mol. The summed E-state index contributed by atoms with van der Waals surface area (Å²) in [4.78, 5) is 13.5. The van der Waals surface area contributed by atoms with Gasteiger partial charge in [-0.15, -0.1) is 0 Å². The van der Waals surface area contributed by atoms with Gasteiger partial charge in [0.2, 0.25) is 0 Å². The number of amides is 2. The maximum Gasteiger partial charge on any atom is 0.321 e. The van der Waals surface area contributed by atoms with Crippen molar-refractivity contribution in [3.63, 3.8) is 0 Å². The predicted octanol–water partition coefficient (Wildman–Crippen LogP) is 3.99. The quantitative estimate of drug-likeness (QED) is 0.675. The maximum absolute atomic E-state index is 11.7. The fourth-order valence-electron chi connectivity index (χ4n) is 2.64. The van der Waals surface area contributed by atoms with Crippen LogP contribution in [-0.2, 0) is 0 Å². The van der Waals surface area contributed by atoms with Crippen molar-refractivity contribution >= 4 is 17.4 Å². The van der Waals surface area contributed by atoms with Crippen molar-refractivity contribution in [3.05, 3.63) is 24.3 Å². The van der Waals surface area contributed by atoms with Crippen molar-refractivity contribution in [2.75, 3.05) is 29.9 Å². The fraction of sp³-hybridized carbons (Fsp3) is 0.588. The van der Waals surface area contributed by atoms with Crippen LogP contribution in [0.2, 0.25) is 0 Å². The van der Waals surface area contributed by atoms with Crippen LogP contribution in [0.4, 0.5) is 16.2 Å². The minimum absolute atomic E-state index is 0.00285. The second-order valence-corrected chi connectivity index (χ2v) is 5.63. The summed E-state index contributed by atoms with van der Waals surface area (Å²) >= 11 is 0. The molecule has 0 unspecified atom stereocenters. The molecule has 1 aromatic rings. The molecule has 0 radical (unpaired) electrons. The molecule has 0 saturated carbocycles. The Morgan fingerprint density at radius 1 is 1.19 bits per heavy atom. The average Bonchev–Trinajstić information content (AvgIpc) is 2.93. The molecule has 4 nitrogen and oxygen atoms in total. The van der Waals surface area contributed by atoms with E-state index in [1.54, 1.807) is 4.90 Å². The van der Waals surface area contributed by atoms with Gasteiger partial charge in [0.15, 0.2) is 0 Å². The minimum atomic E-state index is 0.00285. The lowest BCUT2D eigenvalue weighted by atomic mass is 10.1. The number of carbonyl (C=O) groups excluding carboxylic acids is 1. The van der Waals surface area contributed by atoms with Crippen LogP contribution >= 0.6 is 0 Å². The summed E-state index contributed by atoms with van der Waals surface area (Å²) in [5.41, 5.74) is 2.07. The lowest BCUT2D eigenvalue weighted by molar-refractivity contribution is 0.252. The van der Waals surface area contributed by atoms with E-state index < -0.39 is 0 Å². The van der Waals surface area contributed by atoms with Crippen LogP contribution in [0.25, 0.3) is 0 Å². The van der Waals surface area contributed by atoms with Crippen LogP contribution in [0.15, 0.2) is 24.3 Å². The Bertz CT molecular complexity index is 447. The molecule has 0 aliphatic carbocycles. The van der Waals surface area contributed by atoms with Crippen LogP contribution in [0.5, 0.6) is 0 Å². The number of benzene rings is 1. The Kier molecular flexibility index (Phi) is 6.38. The van der Waals surface area contributed by atoms with E-state index in [1.807, 2.05) is 12.1 Å². The van der Waals surface area contributed by atoms with Crippen molar-refractivity contribution in [3.8, 4) is 0 Å². The molecular weight excluding hydrogens is 262 g/mol. The molecule has 0 aromatic heterocycles. The number of anilines is 2. The number of hydrogen-bond donors (Lipinski definition) is 2. The molecule has 4 heteroatoms. The van der Waals surface area contributed by atoms with Crippen molar-refractivity contribution in [2.24, 2.45) is 0 Å². The smallest absolute Gasteiger partial charge is 0.321 e. The van der Waals surface area contributed by atoms with Gasteiger partial charge >= 0.3 is 6.03 Å². The van der Waals surface area contributed by atoms with Gasteiger partial charge < -0.3 is 10.6 Å². The zero-order valence-corrected chi connectivity index (χ0v) is 13.0. The topological polar surface area (TPSA) is 44.4 Å². The summed E-state index contributed by atoms with van der Waals surface area (Å²) in [5, 5.41) is 6.29. The van der Waals surface area contributed by atoms with E-state index in [0.717, 1.165) is 31.0 Å². The van der Waals surface area contributed by atoms with Gasteiger partial charge in [-0.2, -0.15) is 0 Å². The van der Waals surface area contributed by atoms with Gasteiger partial charge in [-0.05, 0) is 24.6 Å². The van der Waals surface area contributed by atoms with Crippen molar-refractivity contribution in [1.29, 1.82) is 0 Å².